The van der Waals surface area contributed by atoms with Crippen molar-refractivity contribution in [1.82, 2.24) is 5.32 Å². The maximum atomic E-state index is 13.0. The Hall–Kier alpha value is -1.26. The summed E-state index contributed by atoms with van der Waals surface area (Å²) in [6.45, 7) is 3.21. The smallest absolute Gasteiger partial charge is 0.159 e. The second-order valence-corrected chi connectivity index (χ2v) is 5.29. The van der Waals surface area contributed by atoms with Crippen LogP contribution in [0.25, 0.3) is 0 Å². The minimum absolute atomic E-state index is 0.503. The second kappa shape index (κ2) is 6.26. The second-order valence-electron chi connectivity index (χ2n) is 4.44. The van der Waals surface area contributed by atoms with Gasteiger partial charge in [-0.3, -0.25) is 0 Å². The summed E-state index contributed by atoms with van der Waals surface area (Å²) in [4.78, 5) is 0. The maximum absolute atomic E-state index is 13.0. The summed E-state index contributed by atoms with van der Waals surface area (Å²) in [5.41, 5.74) is 3.05. The van der Waals surface area contributed by atoms with Crippen LogP contribution in [-0.4, -0.2) is 0 Å². The van der Waals surface area contributed by atoms with Crippen LogP contribution in [-0.2, 0) is 13.1 Å². The van der Waals surface area contributed by atoms with Crippen molar-refractivity contribution in [3.63, 3.8) is 0 Å². The van der Waals surface area contributed by atoms with E-state index in [-0.39, 0.29) is 0 Å². The van der Waals surface area contributed by atoms with E-state index in [1.54, 1.807) is 6.07 Å². The lowest BCUT2D eigenvalue weighted by atomic mass is 10.1. The quantitative estimate of drug-likeness (QED) is 0.882. The third-order valence-electron chi connectivity index (χ3n) is 2.88. The summed E-state index contributed by atoms with van der Waals surface area (Å²) in [6, 6.07) is 10.1. The predicted octanol–water partition coefficient (Wildman–Crippen LogP) is 4.33. The highest BCUT2D eigenvalue weighted by Gasteiger charge is 2.02. The molecule has 2 rings (SSSR count). The van der Waals surface area contributed by atoms with E-state index < -0.39 is 11.6 Å². The van der Waals surface area contributed by atoms with E-state index >= 15 is 0 Å². The van der Waals surface area contributed by atoms with E-state index in [4.69, 9.17) is 0 Å². The Morgan fingerprint density at radius 3 is 2.21 bits per heavy atom. The van der Waals surface area contributed by atoms with Crippen molar-refractivity contribution in [3.05, 3.63) is 69.2 Å². The van der Waals surface area contributed by atoms with Gasteiger partial charge in [-0.05, 0) is 41.8 Å². The van der Waals surface area contributed by atoms with Gasteiger partial charge in [-0.1, -0.05) is 34.1 Å². The standard InChI is InChI=1S/C15H14BrF2N/c1-10-2-3-11(6-13(10)16)8-19-9-12-4-5-14(17)15(18)7-12/h2-7,19H,8-9H2,1H3. The molecule has 0 saturated heterocycles. The van der Waals surface area contributed by atoms with Gasteiger partial charge in [0.25, 0.3) is 0 Å². The van der Waals surface area contributed by atoms with Crippen molar-refractivity contribution in [3.8, 4) is 0 Å². The highest BCUT2D eigenvalue weighted by molar-refractivity contribution is 9.10. The summed E-state index contributed by atoms with van der Waals surface area (Å²) in [7, 11) is 0. The molecule has 1 N–H and O–H groups in total. The minimum Gasteiger partial charge on any atom is -0.309 e. The van der Waals surface area contributed by atoms with Crippen molar-refractivity contribution >= 4 is 15.9 Å². The van der Waals surface area contributed by atoms with Gasteiger partial charge in [0.1, 0.15) is 0 Å². The first-order chi connectivity index (χ1) is 9.06. The number of nitrogens with one attached hydrogen (secondary N) is 1. The van der Waals surface area contributed by atoms with Gasteiger partial charge in [0.2, 0.25) is 0 Å². The van der Waals surface area contributed by atoms with E-state index in [9.17, 15) is 8.78 Å². The number of hydrogen-bond acceptors (Lipinski definition) is 1. The average Bonchev–Trinajstić information content (AvgIpc) is 2.38. The van der Waals surface area contributed by atoms with Crippen LogP contribution in [0, 0.1) is 18.6 Å². The molecule has 4 heteroatoms. The topological polar surface area (TPSA) is 12.0 Å². The lowest BCUT2D eigenvalue weighted by Gasteiger charge is -2.07. The van der Waals surface area contributed by atoms with Crippen molar-refractivity contribution in [2.45, 2.75) is 20.0 Å². The van der Waals surface area contributed by atoms with Crippen molar-refractivity contribution in [1.29, 1.82) is 0 Å². The highest BCUT2D eigenvalue weighted by Crippen LogP contribution is 2.17. The molecular formula is C15H14BrF2N. The Balaban J connectivity index is 1.92. The summed E-state index contributed by atoms with van der Waals surface area (Å²) in [6.07, 6.45) is 0. The van der Waals surface area contributed by atoms with Crippen LogP contribution in [0.15, 0.2) is 40.9 Å². The Morgan fingerprint density at radius 2 is 1.58 bits per heavy atom. The van der Waals surface area contributed by atoms with Crippen LogP contribution < -0.4 is 5.32 Å². The van der Waals surface area contributed by atoms with Crippen LogP contribution in [0.1, 0.15) is 16.7 Å². The molecule has 2 aromatic carbocycles. The summed E-state index contributed by atoms with van der Waals surface area (Å²) in [5.74, 6) is -1.62. The van der Waals surface area contributed by atoms with Crippen LogP contribution in [0.2, 0.25) is 0 Å². The predicted molar refractivity (Wildman–Crippen MR) is 75.8 cm³/mol. The molecule has 0 aliphatic carbocycles. The van der Waals surface area contributed by atoms with Crippen molar-refractivity contribution in [2.75, 3.05) is 0 Å². The van der Waals surface area contributed by atoms with Crippen LogP contribution in [0.5, 0.6) is 0 Å². The lowest BCUT2D eigenvalue weighted by molar-refractivity contribution is 0.506. The zero-order valence-corrected chi connectivity index (χ0v) is 12.1. The first kappa shape index (κ1) is 14.2. The molecule has 0 spiro atoms. The number of benzene rings is 2. The Bertz CT molecular complexity index is 533. The first-order valence-electron chi connectivity index (χ1n) is 5.96. The molecule has 0 bridgehead atoms. The summed E-state index contributed by atoms with van der Waals surface area (Å²) in [5, 5.41) is 3.20. The van der Waals surface area contributed by atoms with Crippen LogP contribution in [0.4, 0.5) is 8.78 Å². The molecule has 0 amide bonds. The number of aryl methyl sites for hydroxylation is 1. The van der Waals surface area contributed by atoms with Crippen molar-refractivity contribution in [2.24, 2.45) is 0 Å². The normalized spacial score (nSPS) is 10.7. The molecule has 0 unspecified atom stereocenters. The minimum atomic E-state index is -0.814. The molecule has 0 fully saturated rings. The number of halogens is 3. The average molecular weight is 326 g/mol. The first-order valence-corrected chi connectivity index (χ1v) is 6.75. The van der Waals surface area contributed by atoms with Gasteiger partial charge >= 0.3 is 0 Å². The van der Waals surface area contributed by atoms with E-state index in [1.165, 1.54) is 11.6 Å². The van der Waals surface area contributed by atoms with E-state index in [0.29, 0.717) is 13.1 Å². The van der Waals surface area contributed by atoms with Gasteiger partial charge in [-0.2, -0.15) is 0 Å². The fraction of sp³-hybridized carbons (Fsp3) is 0.200. The van der Waals surface area contributed by atoms with E-state index in [1.807, 2.05) is 25.1 Å². The Labute approximate surface area is 119 Å². The molecule has 0 radical (unpaired) electrons. The zero-order valence-electron chi connectivity index (χ0n) is 10.5. The highest BCUT2D eigenvalue weighted by atomic mass is 79.9. The monoisotopic (exact) mass is 325 g/mol. The molecule has 100 valence electrons. The van der Waals surface area contributed by atoms with Gasteiger partial charge in [-0.25, -0.2) is 8.78 Å². The molecule has 19 heavy (non-hydrogen) atoms. The summed E-state index contributed by atoms with van der Waals surface area (Å²) < 4.78 is 26.9. The lowest BCUT2D eigenvalue weighted by Crippen LogP contribution is -2.13. The molecule has 0 aliphatic rings. The molecule has 1 nitrogen and oxygen atoms in total. The Kier molecular flexibility index (Phi) is 4.66. The van der Waals surface area contributed by atoms with Crippen LogP contribution >= 0.6 is 15.9 Å². The van der Waals surface area contributed by atoms with Gasteiger partial charge < -0.3 is 5.32 Å². The molecular weight excluding hydrogens is 312 g/mol. The molecule has 2 aromatic rings. The van der Waals surface area contributed by atoms with Gasteiger partial charge in [-0.15, -0.1) is 0 Å². The molecule has 0 aromatic heterocycles. The van der Waals surface area contributed by atoms with Crippen LogP contribution in [0.3, 0.4) is 0 Å². The largest absolute Gasteiger partial charge is 0.309 e. The number of hydrogen-bond donors (Lipinski definition) is 1. The van der Waals surface area contributed by atoms with Gasteiger partial charge in [0, 0.05) is 17.6 Å². The molecule has 0 saturated carbocycles. The Morgan fingerprint density at radius 1 is 0.947 bits per heavy atom. The SMILES string of the molecule is Cc1ccc(CNCc2ccc(F)c(F)c2)cc1Br. The van der Waals surface area contributed by atoms with E-state index in [0.717, 1.165) is 21.7 Å². The maximum Gasteiger partial charge on any atom is 0.159 e. The van der Waals surface area contributed by atoms with Gasteiger partial charge in [0.05, 0.1) is 0 Å². The summed E-state index contributed by atoms with van der Waals surface area (Å²) >= 11 is 3.48. The molecule has 0 heterocycles. The third-order valence-corrected chi connectivity index (χ3v) is 3.73. The zero-order chi connectivity index (χ0) is 13.8. The fourth-order valence-electron chi connectivity index (χ4n) is 1.75. The third kappa shape index (κ3) is 3.85. The molecule has 0 aliphatic heterocycles. The molecule has 0 atom stereocenters. The van der Waals surface area contributed by atoms with Crippen molar-refractivity contribution < 1.29 is 8.78 Å². The number of rotatable bonds is 4. The fourth-order valence-corrected chi connectivity index (χ4v) is 2.17. The van der Waals surface area contributed by atoms with Gasteiger partial charge in [0.15, 0.2) is 11.6 Å². The van der Waals surface area contributed by atoms with E-state index in [2.05, 4.69) is 21.2 Å².